The Bertz CT molecular complexity index is 1210. The predicted molar refractivity (Wildman–Crippen MR) is 115 cm³/mol. The molecule has 0 saturated carbocycles. The zero-order valence-electron chi connectivity index (χ0n) is 17.9. The fraction of sp³-hybridized carbons (Fsp3) is 0.333. The Kier molecular flexibility index (Phi) is 4.79. The van der Waals surface area contributed by atoms with Crippen molar-refractivity contribution in [3.8, 4) is 11.5 Å². The number of carbonyl (C=O) groups excluding carboxylic acids is 1. The van der Waals surface area contributed by atoms with Crippen molar-refractivity contribution in [3.05, 3.63) is 70.4 Å². The van der Waals surface area contributed by atoms with Gasteiger partial charge < -0.3 is 14.4 Å². The van der Waals surface area contributed by atoms with Gasteiger partial charge in [0, 0.05) is 49.9 Å². The summed E-state index contributed by atoms with van der Waals surface area (Å²) in [5, 5.41) is 0. The fourth-order valence-corrected chi connectivity index (χ4v) is 4.87. The average Bonchev–Trinajstić information content (AvgIpc) is 3.47. The van der Waals surface area contributed by atoms with Gasteiger partial charge in [0.1, 0.15) is 11.6 Å². The molecule has 0 radical (unpaired) electrons. The van der Waals surface area contributed by atoms with Crippen LogP contribution in [0, 0.1) is 11.6 Å². The first-order chi connectivity index (χ1) is 16.1. The molecule has 0 aromatic heterocycles. The summed E-state index contributed by atoms with van der Waals surface area (Å²) in [6.45, 7) is 3.52. The van der Waals surface area contributed by atoms with E-state index in [4.69, 9.17) is 9.47 Å². The molecule has 170 valence electrons. The summed E-state index contributed by atoms with van der Waals surface area (Å²) in [7, 11) is 0. The summed E-state index contributed by atoms with van der Waals surface area (Å²) in [6.07, 6.45) is 0.739. The summed E-state index contributed by atoms with van der Waals surface area (Å²) in [5.41, 5.74) is 3.07. The number of amides is 1. The normalized spacial score (nSPS) is 19.7. The van der Waals surface area contributed by atoms with Crippen LogP contribution < -0.4 is 9.47 Å². The molecule has 4 heterocycles. The summed E-state index contributed by atoms with van der Waals surface area (Å²) in [6, 6.07) is 9.33. The van der Waals surface area contributed by atoms with Crippen LogP contribution in [0.1, 0.15) is 17.5 Å². The number of aliphatic imine (C=N–C) groups is 1. The maximum atomic E-state index is 14.3. The van der Waals surface area contributed by atoms with Gasteiger partial charge in [-0.1, -0.05) is 12.1 Å². The van der Waals surface area contributed by atoms with Crippen LogP contribution in [-0.4, -0.2) is 59.5 Å². The molecule has 2 aromatic carbocycles. The third kappa shape index (κ3) is 3.52. The van der Waals surface area contributed by atoms with Gasteiger partial charge in [0.25, 0.3) is 5.91 Å². The number of halogens is 2. The van der Waals surface area contributed by atoms with E-state index < -0.39 is 11.6 Å². The molecule has 1 amide bonds. The first kappa shape index (κ1) is 20.2. The first-order valence-electron chi connectivity index (χ1n) is 11.0. The molecule has 4 aliphatic heterocycles. The van der Waals surface area contributed by atoms with E-state index in [9.17, 15) is 13.6 Å². The second-order valence-electron chi connectivity index (χ2n) is 8.53. The number of carbonyl (C=O) groups is 1. The van der Waals surface area contributed by atoms with Crippen molar-refractivity contribution in [1.82, 2.24) is 14.7 Å². The zero-order valence-corrected chi connectivity index (χ0v) is 17.9. The lowest BCUT2D eigenvalue weighted by atomic mass is 10.00. The standard InChI is InChI=1S/C24H22F2N4O3/c25-17-3-2-16(19(26)10-17)12-30-23(31)18-13-28(7-5-20(18)29-8-6-27-24(29)30)11-15-1-4-21-22(9-15)33-14-32-21/h1-4,9-10H,5-8,11-14H2. The lowest BCUT2D eigenvalue weighted by molar-refractivity contribution is -0.125. The number of benzene rings is 2. The van der Waals surface area contributed by atoms with Crippen LogP contribution in [0.5, 0.6) is 11.5 Å². The highest BCUT2D eigenvalue weighted by molar-refractivity contribution is 6.09. The number of guanidine groups is 1. The highest BCUT2D eigenvalue weighted by Gasteiger charge is 2.41. The Morgan fingerprint density at radius 1 is 1.00 bits per heavy atom. The average molecular weight is 452 g/mol. The van der Waals surface area contributed by atoms with Gasteiger partial charge in [0.05, 0.1) is 18.7 Å². The molecule has 6 rings (SSSR count). The third-order valence-corrected chi connectivity index (χ3v) is 6.47. The molecule has 0 atom stereocenters. The monoisotopic (exact) mass is 452 g/mol. The van der Waals surface area contributed by atoms with E-state index >= 15 is 0 Å². The molecule has 0 bridgehead atoms. The Labute approximate surface area is 189 Å². The topological polar surface area (TPSA) is 57.6 Å². The van der Waals surface area contributed by atoms with Crippen molar-refractivity contribution in [3.63, 3.8) is 0 Å². The molecule has 0 unspecified atom stereocenters. The van der Waals surface area contributed by atoms with Crippen LogP contribution in [0.25, 0.3) is 0 Å². The van der Waals surface area contributed by atoms with Crippen molar-refractivity contribution >= 4 is 11.9 Å². The number of nitrogens with zero attached hydrogens (tertiary/aromatic N) is 4. The van der Waals surface area contributed by atoms with Gasteiger partial charge in [-0.25, -0.2) is 8.78 Å². The predicted octanol–water partition coefficient (Wildman–Crippen LogP) is 2.87. The molecule has 0 saturated heterocycles. The van der Waals surface area contributed by atoms with Crippen LogP contribution in [0.3, 0.4) is 0 Å². The Balaban J connectivity index is 1.25. The van der Waals surface area contributed by atoms with E-state index in [1.165, 1.54) is 17.0 Å². The molecule has 4 aliphatic rings. The largest absolute Gasteiger partial charge is 0.454 e. The van der Waals surface area contributed by atoms with E-state index in [0.717, 1.165) is 41.8 Å². The van der Waals surface area contributed by atoms with E-state index in [-0.39, 0.29) is 24.8 Å². The van der Waals surface area contributed by atoms with Crippen molar-refractivity contribution in [2.75, 3.05) is 33.0 Å². The second-order valence-corrected chi connectivity index (χ2v) is 8.53. The maximum absolute atomic E-state index is 14.3. The van der Waals surface area contributed by atoms with Crippen LogP contribution in [-0.2, 0) is 17.9 Å². The highest BCUT2D eigenvalue weighted by Crippen LogP contribution is 2.35. The minimum absolute atomic E-state index is 0.0131. The maximum Gasteiger partial charge on any atom is 0.259 e. The second kappa shape index (κ2) is 7.84. The van der Waals surface area contributed by atoms with Gasteiger partial charge in [0.15, 0.2) is 11.5 Å². The SMILES string of the molecule is O=C1C2=C(CCN(Cc3ccc4c(c3)OCO4)C2)N2CCN=C2N1Cc1ccc(F)cc1F. The first-order valence-corrected chi connectivity index (χ1v) is 11.0. The molecule has 9 heteroatoms. The van der Waals surface area contributed by atoms with E-state index in [0.29, 0.717) is 37.7 Å². The Morgan fingerprint density at radius 3 is 2.76 bits per heavy atom. The number of hydrogen-bond donors (Lipinski definition) is 0. The third-order valence-electron chi connectivity index (χ3n) is 6.47. The van der Waals surface area contributed by atoms with E-state index in [2.05, 4.69) is 14.8 Å². The van der Waals surface area contributed by atoms with Crippen LogP contribution in [0.2, 0.25) is 0 Å². The molecule has 0 spiro atoms. The summed E-state index contributed by atoms with van der Waals surface area (Å²) >= 11 is 0. The van der Waals surface area contributed by atoms with Gasteiger partial charge in [0.2, 0.25) is 12.8 Å². The van der Waals surface area contributed by atoms with Gasteiger partial charge in [-0.05, 0) is 23.8 Å². The van der Waals surface area contributed by atoms with E-state index in [1.54, 1.807) is 0 Å². The Hall–Kier alpha value is -3.46. The molecule has 33 heavy (non-hydrogen) atoms. The summed E-state index contributed by atoms with van der Waals surface area (Å²) in [5.74, 6) is 0.573. The van der Waals surface area contributed by atoms with Crippen molar-refractivity contribution in [2.24, 2.45) is 4.99 Å². The van der Waals surface area contributed by atoms with Crippen LogP contribution in [0.4, 0.5) is 8.78 Å². The lowest BCUT2D eigenvalue weighted by Crippen LogP contribution is -2.53. The quantitative estimate of drug-likeness (QED) is 0.714. The molecular formula is C24H22F2N4O3. The molecule has 0 fully saturated rings. The van der Waals surface area contributed by atoms with Gasteiger partial charge in [-0.3, -0.25) is 19.6 Å². The fourth-order valence-electron chi connectivity index (χ4n) is 4.87. The van der Waals surface area contributed by atoms with Crippen LogP contribution >= 0.6 is 0 Å². The minimum atomic E-state index is -0.666. The zero-order chi connectivity index (χ0) is 22.5. The smallest absolute Gasteiger partial charge is 0.259 e. The van der Waals surface area contributed by atoms with Gasteiger partial charge in [-0.2, -0.15) is 0 Å². The molecule has 0 aliphatic carbocycles. The molecule has 7 nitrogen and oxygen atoms in total. The number of hydrogen-bond acceptors (Lipinski definition) is 6. The van der Waals surface area contributed by atoms with Gasteiger partial charge >= 0.3 is 0 Å². The number of rotatable bonds is 4. The van der Waals surface area contributed by atoms with Gasteiger partial charge in [-0.15, -0.1) is 0 Å². The minimum Gasteiger partial charge on any atom is -0.454 e. The van der Waals surface area contributed by atoms with E-state index in [1.807, 2.05) is 18.2 Å². The van der Waals surface area contributed by atoms with Crippen molar-refractivity contribution in [2.45, 2.75) is 19.5 Å². The van der Waals surface area contributed by atoms with Crippen molar-refractivity contribution < 1.29 is 23.0 Å². The summed E-state index contributed by atoms with van der Waals surface area (Å²) < 4.78 is 38.6. The number of fused-ring (bicyclic) bond motifs is 3. The van der Waals surface area contributed by atoms with Crippen LogP contribution in [0.15, 0.2) is 52.7 Å². The molecular weight excluding hydrogens is 430 g/mol. The van der Waals surface area contributed by atoms with Crippen molar-refractivity contribution in [1.29, 1.82) is 0 Å². The molecule has 2 aromatic rings. The molecule has 0 N–H and O–H groups in total. The Morgan fingerprint density at radius 2 is 1.88 bits per heavy atom. The summed E-state index contributed by atoms with van der Waals surface area (Å²) in [4.78, 5) is 23.9. The highest BCUT2D eigenvalue weighted by atomic mass is 19.1. The number of ether oxygens (including phenoxy) is 2. The lowest BCUT2D eigenvalue weighted by Gasteiger charge is -2.42.